The van der Waals surface area contributed by atoms with Crippen LogP contribution in [0.5, 0.6) is 0 Å². The van der Waals surface area contributed by atoms with Gasteiger partial charge in [-0.25, -0.2) is 4.39 Å². The fourth-order valence-corrected chi connectivity index (χ4v) is 2.82. The van der Waals surface area contributed by atoms with E-state index in [4.69, 9.17) is 17.3 Å². The molecule has 0 fully saturated rings. The zero-order valence-corrected chi connectivity index (χ0v) is 11.2. The molecule has 0 amide bonds. The molecule has 1 unspecified atom stereocenters. The summed E-state index contributed by atoms with van der Waals surface area (Å²) in [5, 5.41) is 0.800. The molecule has 94 valence electrons. The van der Waals surface area contributed by atoms with Gasteiger partial charge >= 0.3 is 0 Å². The molecule has 2 aromatic carbocycles. The Morgan fingerprint density at radius 3 is 2.50 bits per heavy atom. The maximum absolute atomic E-state index is 13.1. The van der Waals surface area contributed by atoms with Crippen LogP contribution in [0.4, 0.5) is 4.39 Å². The molecule has 0 radical (unpaired) electrons. The van der Waals surface area contributed by atoms with E-state index in [1.807, 2.05) is 30.3 Å². The quantitative estimate of drug-likeness (QED) is 0.847. The van der Waals surface area contributed by atoms with Crippen molar-refractivity contribution in [2.24, 2.45) is 5.73 Å². The van der Waals surface area contributed by atoms with Gasteiger partial charge < -0.3 is 5.73 Å². The molecule has 0 spiro atoms. The van der Waals surface area contributed by atoms with Gasteiger partial charge in [0.25, 0.3) is 0 Å². The van der Waals surface area contributed by atoms with Crippen molar-refractivity contribution in [2.45, 2.75) is 10.1 Å². The summed E-state index contributed by atoms with van der Waals surface area (Å²) in [6.07, 6.45) is 0. The molecule has 1 atom stereocenters. The van der Waals surface area contributed by atoms with Gasteiger partial charge in [-0.05, 0) is 35.9 Å². The third kappa shape index (κ3) is 3.48. The summed E-state index contributed by atoms with van der Waals surface area (Å²) in [5.74, 6) is -0.230. The predicted molar refractivity (Wildman–Crippen MR) is 75.5 cm³/mol. The van der Waals surface area contributed by atoms with Gasteiger partial charge in [0, 0.05) is 21.7 Å². The number of rotatable bonds is 4. The number of halogens is 2. The Labute approximate surface area is 115 Å². The second-order valence-electron chi connectivity index (χ2n) is 3.85. The molecule has 2 N–H and O–H groups in total. The first-order chi connectivity index (χ1) is 8.69. The topological polar surface area (TPSA) is 26.0 Å². The monoisotopic (exact) mass is 281 g/mol. The van der Waals surface area contributed by atoms with Gasteiger partial charge in [-0.2, -0.15) is 0 Å². The molecule has 0 aliphatic rings. The summed E-state index contributed by atoms with van der Waals surface area (Å²) in [4.78, 5) is 0.875. The molecule has 0 saturated carbocycles. The van der Waals surface area contributed by atoms with E-state index in [1.165, 1.54) is 12.1 Å². The minimum absolute atomic E-state index is 0.101. The third-order valence-corrected chi connectivity index (χ3v) is 4.06. The molecule has 1 nitrogen and oxygen atoms in total. The minimum Gasteiger partial charge on any atom is -0.329 e. The van der Waals surface area contributed by atoms with E-state index in [2.05, 4.69) is 0 Å². The van der Waals surface area contributed by atoms with Crippen LogP contribution in [-0.2, 0) is 0 Å². The lowest BCUT2D eigenvalue weighted by atomic mass is 10.1. The highest BCUT2D eigenvalue weighted by Crippen LogP contribution is 2.34. The zero-order valence-electron chi connectivity index (χ0n) is 9.64. The van der Waals surface area contributed by atoms with E-state index in [0.29, 0.717) is 11.6 Å². The van der Waals surface area contributed by atoms with Gasteiger partial charge in [-0.1, -0.05) is 29.8 Å². The van der Waals surface area contributed by atoms with Crippen LogP contribution in [0.2, 0.25) is 5.02 Å². The zero-order chi connectivity index (χ0) is 13.0. The summed E-state index contributed by atoms with van der Waals surface area (Å²) in [5.41, 5.74) is 6.87. The van der Waals surface area contributed by atoms with Gasteiger partial charge in [0.05, 0.1) is 0 Å². The molecular formula is C14H13ClFNS. The van der Waals surface area contributed by atoms with E-state index in [1.54, 1.807) is 17.8 Å². The van der Waals surface area contributed by atoms with Crippen molar-refractivity contribution in [1.29, 1.82) is 0 Å². The second kappa shape index (κ2) is 6.23. The Morgan fingerprint density at radius 1 is 1.17 bits per heavy atom. The number of hydrogen-bond acceptors (Lipinski definition) is 2. The first-order valence-corrected chi connectivity index (χ1v) is 6.82. The summed E-state index contributed by atoms with van der Waals surface area (Å²) < 4.78 is 13.1. The van der Waals surface area contributed by atoms with Gasteiger partial charge in [-0.15, -0.1) is 11.8 Å². The standard InChI is InChI=1S/C14H13ClFNS/c15-11-6-4-10(5-7-11)14(9-17)18-13-3-1-2-12(16)8-13/h1-8,14H,9,17H2. The van der Waals surface area contributed by atoms with Gasteiger partial charge in [0.1, 0.15) is 5.82 Å². The molecule has 4 heteroatoms. The fraction of sp³-hybridized carbons (Fsp3) is 0.143. The summed E-state index contributed by atoms with van der Waals surface area (Å²) >= 11 is 7.41. The Kier molecular flexibility index (Phi) is 4.64. The van der Waals surface area contributed by atoms with Crippen molar-refractivity contribution in [3.05, 3.63) is 64.9 Å². The van der Waals surface area contributed by atoms with Gasteiger partial charge in [-0.3, -0.25) is 0 Å². The molecule has 2 rings (SSSR count). The van der Waals surface area contributed by atoms with Crippen LogP contribution in [0.1, 0.15) is 10.8 Å². The lowest BCUT2D eigenvalue weighted by molar-refractivity contribution is 0.624. The average molecular weight is 282 g/mol. The van der Waals surface area contributed by atoms with E-state index >= 15 is 0 Å². The maximum atomic E-state index is 13.1. The Morgan fingerprint density at radius 2 is 1.89 bits per heavy atom. The van der Waals surface area contributed by atoms with Crippen molar-refractivity contribution in [3.8, 4) is 0 Å². The molecular weight excluding hydrogens is 269 g/mol. The fourth-order valence-electron chi connectivity index (χ4n) is 1.63. The van der Waals surface area contributed by atoms with Crippen LogP contribution in [0.15, 0.2) is 53.4 Å². The molecule has 2 aromatic rings. The van der Waals surface area contributed by atoms with Crippen molar-refractivity contribution in [3.63, 3.8) is 0 Å². The summed E-state index contributed by atoms with van der Waals surface area (Å²) in [6.45, 7) is 0.489. The molecule has 18 heavy (non-hydrogen) atoms. The van der Waals surface area contributed by atoms with Crippen molar-refractivity contribution in [1.82, 2.24) is 0 Å². The van der Waals surface area contributed by atoms with Crippen LogP contribution < -0.4 is 5.73 Å². The maximum Gasteiger partial charge on any atom is 0.124 e. The highest BCUT2D eigenvalue weighted by Gasteiger charge is 2.11. The van der Waals surface area contributed by atoms with E-state index in [-0.39, 0.29) is 11.1 Å². The normalized spacial score (nSPS) is 12.4. The van der Waals surface area contributed by atoms with Gasteiger partial charge in [0.2, 0.25) is 0 Å². The van der Waals surface area contributed by atoms with Crippen LogP contribution in [0.3, 0.4) is 0 Å². The summed E-state index contributed by atoms with van der Waals surface area (Å²) in [7, 11) is 0. The molecule has 0 heterocycles. The predicted octanol–water partition coefficient (Wildman–Crippen LogP) is 4.27. The first-order valence-electron chi connectivity index (χ1n) is 5.57. The lowest BCUT2D eigenvalue weighted by Crippen LogP contribution is -2.09. The molecule has 0 saturated heterocycles. The molecule has 0 aliphatic carbocycles. The molecule has 0 aliphatic heterocycles. The van der Waals surface area contributed by atoms with E-state index in [9.17, 15) is 4.39 Å². The van der Waals surface area contributed by atoms with Gasteiger partial charge in [0.15, 0.2) is 0 Å². The number of thioether (sulfide) groups is 1. The summed E-state index contributed by atoms with van der Waals surface area (Å²) in [6, 6.07) is 14.1. The smallest absolute Gasteiger partial charge is 0.124 e. The Hall–Kier alpha value is -1.03. The highest BCUT2D eigenvalue weighted by atomic mass is 35.5. The first kappa shape index (κ1) is 13.4. The minimum atomic E-state index is -0.230. The van der Waals surface area contributed by atoms with Crippen LogP contribution >= 0.6 is 23.4 Å². The van der Waals surface area contributed by atoms with E-state index < -0.39 is 0 Å². The van der Waals surface area contributed by atoms with Crippen molar-refractivity contribution < 1.29 is 4.39 Å². The third-order valence-electron chi connectivity index (χ3n) is 2.53. The largest absolute Gasteiger partial charge is 0.329 e. The molecule has 0 bridgehead atoms. The lowest BCUT2D eigenvalue weighted by Gasteiger charge is -2.15. The van der Waals surface area contributed by atoms with Crippen LogP contribution in [0, 0.1) is 5.82 Å². The molecule has 0 aromatic heterocycles. The number of nitrogens with two attached hydrogens (primary N) is 1. The Balaban J connectivity index is 2.17. The SMILES string of the molecule is NCC(Sc1cccc(F)c1)c1ccc(Cl)cc1. The van der Waals surface area contributed by atoms with Crippen LogP contribution in [-0.4, -0.2) is 6.54 Å². The Bertz CT molecular complexity index is 515. The van der Waals surface area contributed by atoms with Crippen molar-refractivity contribution in [2.75, 3.05) is 6.54 Å². The van der Waals surface area contributed by atoms with E-state index in [0.717, 1.165) is 10.5 Å². The second-order valence-corrected chi connectivity index (χ2v) is 5.56. The number of benzene rings is 2. The van der Waals surface area contributed by atoms with Crippen molar-refractivity contribution >= 4 is 23.4 Å². The average Bonchev–Trinajstić information content (AvgIpc) is 2.37. The highest BCUT2D eigenvalue weighted by molar-refractivity contribution is 7.99. The number of hydrogen-bond donors (Lipinski definition) is 1. The van der Waals surface area contributed by atoms with Crippen LogP contribution in [0.25, 0.3) is 0 Å².